The van der Waals surface area contributed by atoms with Crippen molar-refractivity contribution in [2.45, 2.75) is 18.5 Å². The van der Waals surface area contributed by atoms with Gasteiger partial charge in [0.25, 0.3) is 0 Å². The molecule has 2 nitrogen and oxygen atoms in total. The Kier molecular flexibility index (Phi) is 4.43. The van der Waals surface area contributed by atoms with Gasteiger partial charge in [-0.05, 0) is 25.1 Å². The molecule has 1 atom stereocenters. The molecule has 1 aromatic rings. The van der Waals surface area contributed by atoms with Crippen molar-refractivity contribution in [2.24, 2.45) is 0 Å². The van der Waals surface area contributed by atoms with Crippen molar-refractivity contribution in [1.29, 1.82) is 0 Å². The smallest absolute Gasteiger partial charge is 0.324 e. The zero-order valence-electron chi connectivity index (χ0n) is 8.61. The summed E-state index contributed by atoms with van der Waals surface area (Å²) in [5, 5.41) is 1.23. The molecule has 94 valence electrons. The molecular formula is C10H8BrClF3NO. The Hall–Kier alpha value is -0.750. The summed E-state index contributed by atoms with van der Waals surface area (Å²) in [5.41, 5.74) is -1.23. The number of carbonyl (C=O) groups is 1. The lowest BCUT2D eigenvalue weighted by atomic mass is 10.1. The van der Waals surface area contributed by atoms with Crippen LogP contribution in [-0.2, 0) is 11.0 Å². The minimum Gasteiger partial charge on any atom is -0.324 e. The van der Waals surface area contributed by atoms with Crippen molar-refractivity contribution in [3.8, 4) is 0 Å². The zero-order valence-corrected chi connectivity index (χ0v) is 10.9. The number of halogens is 5. The number of carbonyl (C=O) groups excluding carboxylic acids is 1. The molecule has 0 spiro atoms. The summed E-state index contributed by atoms with van der Waals surface area (Å²) in [7, 11) is 0. The van der Waals surface area contributed by atoms with Gasteiger partial charge in [-0.3, -0.25) is 4.79 Å². The van der Waals surface area contributed by atoms with Crippen LogP contribution in [0.1, 0.15) is 12.5 Å². The van der Waals surface area contributed by atoms with Crippen LogP contribution in [0.5, 0.6) is 0 Å². The Morgan fingerprint density at radius 2 is 2.06 bits per heavy atom. The van der Waals surface area contributed by atoms with E-state index in [4.69, 9.17) is 11.6 Å². The van der Waals surface area contributed by atoms with Crippen molar-refractivity contribution >= 4 is 39.1 Å². The third-order valence-corrected chi connectivity index (χ3v) is 2.60. The van der Waals surface area contributed by atoms with Crippen molar-refractivity contribution in [1.82, 2.24) is 0 Å². The Morgan fingerprint density at radius 1 is 1.47 bits per heavy atom. The van der Waals surface area contributed by atoms with Crippen molar-refractivity contribution in [3.05, 3.63) is 28.2 Å². The topological polar surface area (TPSA) is 29.1 Å². The fraction of sp³-hybridized carbons (Fsp3) is 0.300. The summed E-state index contributed by atoms with van der Waals surface area (Å²) in [6.07, 6.45) is -4.54. The van der Waals surface area contributed by atoms with Gasteiger partial charge >= 0.3 is 6.18 Å². The highest BCUT2D eigenvalue weighted by Gasteiger charge is 2.34. The van der Waals surface area contributed by atoms with Crippen molar-refractivity contribution < 1.29 is 18.0 Å². The van der Waals surface area contributed by atoms with E-state index in [1.807, 2.05) is 0 Å². The SMILES string of the molecule is CC(Cl)C(=O)Nc1ccc(Br)cc1C(F)(F)F. The molecule has 0 aliphatic heterocycles. The standard InChI is InChI=1S/C10H8BrClF3NO/c1-5(12)9(17)16-8-3-2-6(11)4-7(8)10(13,14)15/h2-5H,1H3,(H,16,17). The molecule has 1 N–H and O–H groups in total. The highest BCUT2D eigenvalue weighted by atomic mass is 79.9. The molecule has 0 saturated carbocycles. The zero-order chi connectivity index (χ0) is 13.2. The molecule has 0 saturated heterocycles. The molecular weight excluding hydrogens is 322 g/mol. The minimum atomic E-state index is -4.54. The molecule has 0 heterocycles. The summed E-state index contributed by atoms with van der Waals surface area (Å²) in [6, 6.07) is 3.47. The van der Waals surface area contributed by atoms with Gasteiger partial charge in [0.1, 0.15) is 5.38 Å². The summed E-state index contributed by atoms with van der Waals surface area (Å²) >= 11 is 8.42. The van der Waals surface area contributed by atoms with E-state index in [2.05, 4.69) is 21.2 Å². The summed E-state index contributed by atoms with van der Waals surface area (Å²) < 4.78 is 38.3. The molecule has 0 bridgehead atoms. The number of amides is 1. The second-order valence-electron chi connectivity index (χ2n) is 3.29. The molecule has 0 aliphatic carbocycles. The van der Waals surface area contributed by atoms with Crippen LogP contribution >= 0.6 is 27.5 Å². The molecule has 17 heavy (non-hydrogen) atoms. The van der Waals surface area contributed by atoms with Crippen LogP contribution in [0.2, 0.25) is 0 Å². The van der Waals surface area contributed by atoms with Gasteiger partial charge in [0.15, 0.2) is 0 Å². The molecule has 1 aromatic carbocycles. The second-order valence-corrected chi connectivity index (χ2v) is 4.86. The summed E-state index contributed by atoms with van der Waals surface area (Å²) in [6.45, 7) is 1.38. The van der Waals surface area contributed by atoms with E-state index in [0.717, 1.165) is 6.07 Å². The average molecular weight is 331 g/mol. The van der Waals surface area contributed by atoms with Crippen LogP contribution in [-0.4, -0.2) is 11.3 Å². The summed E-state index contributed by atoms with van der Waals surface area (Å²) in [4.78, 5) is 11.3. The monoisotopic (exact) mass is 329 g/mol. The van der Waals surface area contributed by atoms with Crippen LogP contribution < -0.4 is 5.32 Å². The van der Waals surface area contributed by atoms with Gasteiger partial charge in [-0.15, -0.1) is 11.6 Å². The third-order valence-electron chi connectivity index (χ3n) is 1.91. The van der Waals surface area contributed by atoms with Crippen LogP contribution in [0, 0.1) is 0 Å². The first-order valence-electron chi connectivity index (χ1n) is 4.53. The predicted molar refractivity (Wildman–Crippen MR) is 63.1 cm³/mol. The lowest BCUT2D eigenvalue weighted by Crippen LogP contribution is -2.22. The van der Waals surface area contributed by atoms with E-state index in [-0.39, 0.29) is 10.2 Å². The molecule has 1 rings (SSSR count). The van der Waals surface area contributed by atoms with Crippen molar-refractivity contribution in [3.63, 3.8) is 0 Å². The third kappa shape index (κ3) is 3.89. The normalized spacial score (nSPS) is 13.3. The van der Waals surface area contributed by atoms with E-state index in [9.17, 15) is 18.0 Å². The van der Waals surface area contributed by atoms with E-state index in [1.54, 1.807) is 0 Å². The second kappa shape index (κ2) is 5.27. The number of hydrogen-bond donors (Lipinski definition) is 1. The van der Waals surface area contributed by atoms with Gasteiger partial charge in [0.2, 0.25) is 5.91 Å². The van der Waals surface area contributed by atoms with E-state index in [1.165, 1.54) is 19.1 Å². The molecule has 0 fully saturated rings. The van der Waals surface area contributed by atoms with Crippen LogP contribution in [0.25, 0.3) is 0 Å². The van der Waals surface area contributed by atoms with Gasteiger partial charge in [0, 0.05) is 4.47 Å². The van der Waals surface area contributed by atoms with Crippen molar-refractivity contribution in [2.75, 3.05) is 5.32 Å². The molecule has 1 amide bonds. The fourth-order valence-corrected chi connectivity index (χ4v) is 1.51. The highest BCUT2D eigenvalue weighted by molar-refractivity contribution is 9.10. The molecule has 7 heteroatoms. The number of rotatable bonds is 2. The Morgan fingerprint density at radius 3 is 2.53 bits per heavy atom. The lowest BCUT2D eigenvalue weighted by Gasteiger charge is -2.14. The quantitative estimate of drug-likeness (QED) is 0.815. The molecule has 1 unspecified atom stereocenters. The molecule has 0 aromatic heterocycles. The highest BCUT2D eigenvalue weighted by Crippen LogP contribution is 2.36. The van der Waals surface area contributed by atoms with Gasteiger partial charge in [-0.1, -0.05) is 15.9 Å². The van der Waals surface area contributed by atoms with Crippen LogP contribution in [0.3, 0.4) is 0 Å². The Bertz CT molecular complexity index is 434. The Balaban J connectivity index is 3.12. The van der Waals surface area contributed by atoms with Gasteiger partial charge in [-0.25, -0.2) is 0 Å². The van der Waals surface area contributed by atoms with Crippen LogP contribution in [0.4, 0.5) is 18.9 Å². The summed E-state index contributed by atoms with van der Waals surface area (Å²) in [5.74, 6) is -0.681. The predicted octanol–water partition coefficient (Wildman–Crippen LogP) is 4.03. The number of hydrogen-bond acceptors (Lipinski definition) is 1. The molecule has 0 aliphatic rings. The van der Waals surface area contributed by atoms with E-state index >= 15 is 0 Å². The number of alkyl halides is 4. The number of anilines is 1. The average Bonchev–Trinajstić information content (AvgIpc) is 2.18. The maximum absolute atomic E-state index is 12.7. The van der Waals surface area contributed by atoms with Gasteiger partial charge < -0.3 is 5.32 Å². The van der Waals surface area contributed by atoms with Gasteiger partial charge in [-0.2, -0.15) is 13.2 Å². The van der Waals surface area contributed by atoms with Crippen LogP contribution in [0.15, 0.2) is 22.7 Å². The molecule has 0 radical (unpaired) electrons. The number of benzene rings is 1. The Labute approximate surface area is 109 Å². The largest absolute Gasteiger partial charge is 0.418 e. The fourth-order valence-electron chi connectivity index (χ4n) is 1.09. The maximum Gasteiger partial charge on any atom is 0.418 e. The number of nitrogens with one attached hydrogen (secondary N) is 1. The maximum atomic E-state index is 12.7. The van der Waals surface area contributed by atoms with E-state index < -0.39 is 23.0 Å². The first-order chi connectivity index (χ1) is 7.71. The van der Waals surface area contributed by atoms with E-state index in [0.29, 0.717) is 0 Å². The van der Waals surface area contributed by atoms with Gasteiger partial charge in [0.05, 0.1) is 11.3 Å². The first kappa shape index (κ1) is 14.3. The lowest BCUT2D eigenvalue weighted by molar-refractivity contribution is -0.137. The first-order valence-corrected chi connectivity index (χ1v) is 5.76. The minimum absolute atomic E-state index is 0.279.